The smallest absolute Gasteiger partial charge is 0.264 e. The normalized spacial score (nSPS) is 11.6. The second kappa shape index (κ2) is 8.99. The van der Waals surface area contributed by atoms with Crippen LogP contribution in [0.1, 0.15) is 29.0 Å². The van der Waals surface area contributed by atoms with Crippen LogP contribution in [-0.2, 0) is 20.8 Å². The maximum absolute atomic E-state index is 12.3. The number of hydrogen-bond donors (Lipinski definition) is 0. The third kappa shape index (κ3) is 5.41. The number of aryl methyl sites for hydroxylation is 1. The van der Waals surface area contributed by atoms with Crippen molar-refractivity contribution in [2.75, 3.05) is 12.9 Å². The Hall–Kier alpha value is -2.70. The summed E-state index contributed by atoms with van der Waals surface area (Å²) in [6.07, 6.45) is 3.30. The first kappa shape index (κ1) is 20.0. The zero-order valence-electron chi connectivity index (χ0n) is 15.7. The molecule has 0 atom stereocenters. The van der Waals surface area contributed by atoms with Crippen LogP contribution < -0.4 is 5.56 Å². The summed E-state index contributed by atoms with van der Waals surface area (Å²) < 4.78 is 28.5. The van der Waals surface area contributed by atoms with Crippen LogP contribution in [0.25, 0.3) is 0 Å². The summed E-state index contributed by atoms with van der Waals surface area (Å²) >= 11 is 0. The third-order valence-corrected chi connectivity index (χ3v) is 5.04. The first-order valence-corrected chi connectivity index (χ1v) is 10.9. The Kier molecular flexibility index (Phi) is 6.44. The molecule has 28 heavy (non-hydrogen) atoms. The molecule has 0 N–H and O–H groups in total. The van der Waals surface area contributed by atoms with E-state index in [4.69, 9.17) is 4.18 Å². The van der Waals surface area contributed by atoms with Crippen molar-refractivity contribution in [3.63, 3.8) is 0 Å². The van der Waals surface area contributed by atoms with Crippen molar-refractivity contribution < 1.29 is 12.6 Å². The summed E-state index contributed by atoms with van der Waals surface area (Å²) in [5.74, 6) is 0.00141. The molecule has 0 saturated heterocycles. The second-order valence-electron chi connectivity index (χ2n) is 6.63. The van der Waals surface area contributed by atoms with Gasteiger partial charge >= 0.3 is 0 Å². The SMILES string of the molecule is CS(=O)(=O)OCCCn1cc(C(c2ccccc2)c2ccccc2)ccc1=O. The van der Waals surface area contributed by atoms with Crippen LogP contribution in [0.3, 0.4) is 0 Å². The van der Waals surface area contributed by atoms with E-state index in [1.165, 1.54) is 0 Å². The van der Waals surface area contributed by atoms with Gasteiger partial charge in [-0.1, -0.05) is 66.7 Å². The molecule has 0 radical (unpaired) electrons. The lowest BCUT2D eigenvalue weighted by atomic mass is 9.86. The standard InChI is InChI=1S/C22H23NO4S/c1-28(25,26)27-16-8-15-23-17-20(13-14-21(23)24)22(18-9-4-2-5-10-18)19-11-6-3-7-12-19/h2-7,9-14,17,22H,8,15-16H2,1H3. The van der Waals surface area contributed by atoms with Crippen molar-refractivity contribution in [2.24, 2.45) is 0 Å². The van der Waals surface area contributed by atoms with Gasteiger partial charge in [-0.05, 0) is 23.1 Å². The summed E-state index contributed by atoms with van der Waals surface area (Å²) in [5.41, 5.74) is 3.16. The lowest BCUT2D eigenvalue weighted by molar-refractivity contribution is 0.306. The van der Waals surface area contributed by atoms with Gasteiger partial charge in [0.05, 0.1) is 12.9 Å². The molecule has 0 aliphatic carbocycles. The fraction of sp³-hybridized carbons (Fsp3) is 0.227. The predicted molar refractivity (Wildman–Crippen MR) is 110 cm³/mol. The van der Waals surface area contributed by atoms with Gasteiger partial charge in [-0.25, -0.2) is 0 Å². The first-order valence-electron chi connectivity index (χ1n) is 9.09. The molecule has 0 fully saturated rings. The van der Waals surface area contributed by atoms with Crippen molar-refractivity contribution in [3.8, 4) is 0 Å². The quantitative estimate of drug-likeness (QED) is 0.432. The maximum atomic E-state index is 12.3. The minimum absolute atomic E-state index is 0.00141. The molecule has 0 aliphatic rings. The predicted octanol–water partition coefficient (Wildman–Crippen LogP) is 3.39. The molecule has 1 aromatic heterocycles. The van der Waals surface area contributed by atoms with Gasteiger partial charge in [0.1, 0.15) is 0 Å². The van der Waals surface area contributed by atoms with E-state index < -0.39 is 10.1 Å². The molecule has 146 valence electrons. The molecule has 1 heterocycles. The zero-order chi connectivity index (χ0) is 20.0. The number of nitrogens with zero attached hydrogens (tertiary/aromatic N) is 1. The Morgan fingerprint density at radius 3 is 1.96 bits per heavy atom. The number of pyridine rings is 1. The monoisotopic (exact) mass is 397 g/mol. The number of hydrogen-bond acceptors (Lipinski definition) is 4. The Morgan fingerprint density at radius 2 is 1.43 bits per heavy atom. The van der Waals surface area contributed by atoms with E-state index in [1.807, 2.05) is 48.7 Å². The van der Waals surface area contributed by atoms with Crippen molar-refractivity contribution in [1.29, 1.82) is 0 Å². The molecular formula is C22H23NO4S. The molecule has 6 heteroatoms. The lowest BCUT2D eigenvalue weighted by Gasteiger charge is -2.20. The van der Waals surface area contributed by atoms with Gasteiger partial charge < -0.3 is 4.57 Å². The summed E-state index contributed by atoms with van der Waals surface area (Å²) in [7, 11) is -3.47. The molecular weight excluding hydrogens is 374 g/mol. The largest absolute Gasteiger partial charge is 0.315 e. The molecule has 0 saturated carbocycles. The van der Waals surface area contributed by atoms with E-state index in [1.54, 1.807) is 10.6 Å². The highest BCUT2D eigenvalue weighted by Crippen LogP contribution is 2.31. The average Bonchev–Trinajstić information content (AvgIpc) is 2.68. The molecule has 0 unspecified atom stereocenters. The summed E-state index contributed by atoms with van der Waals surface area (Å²) in [5, 5.41) is 0. The fourth-order valence-corrected chi connectivity index (χ4v) is 3.63. The van der Waals surface area contributed by atoms with Crippen molar-refractivity contribution in [2.45, 2.75) is 18.9 Å². The summed E-state index contributed by atoms with van der Waals surface area (Å²) in [6, 6.07) is 23.7. The van der Waals surface area contributed by atoms with E-state index in [9.17, 15) is 13.2 Å². The third-order valence-electron chi connectivity index (χ3n) is 4.45. The average molecular weight is 397 g/mol. The highest BCUT2D eigenvalue weighted by atomic mass is 32.2. The van der Waals surface area contributed by atoms with Gasteiger partial charge in [-0.3, -0.25) is 8.98 Å². The van der Waals surface area contributed by atoms with Gasteiger partial charge in [0.25, 0.3) is 15.7 Å². The Balaban J connectivity index is 1.90. The van der Waals surface area contributed by atoms with Gasteiger partial charge in [-0.15, -0.1) is 0 Å². The Morgan fingerprint density at radius 1 is 0.857 bits per heavy atom. The van der Waals surface area contributed by atoms with Crippen LogP contribution in [-0.4, -0.2) is 25.8 Å². The molecule has 0 aliphatic heterocycles. The molecule has 0 spiro atoms. The zero-order valence-corrected chi connectivity index (χ0v) is 16.5. The Bertz CT molecular complexity index is 1020. The fourth-order valence-electron chi connectivity index (χ4n) is 3.21. The van der Waals surface area contributed by atoms with Crippen LogP contribution in [0.5, 0.6) is 0 Å². The number of rotatable bonds is 8. The second-order valence-corrected chi connectivity index (χ2v) is 8.27. The Labute approximate surface area is 165 Å². The van der Waals surface area contributed by atoms with Crippen LogP contribution >= 0.6 is 0 Å². The van der Waals surface area contributed by atoms with Gasteiger partial charge in [0.15, 0.2) is 0 Å². The van der Waals surface area contributed by atoms with Crippen LogP contribution in [0.15, 0.2) is 83.8 Å². The van der Waals surface area contributed by atoms with Crippen LogP contribution in [0, 0.1) is 0 Å². The molecule has 0 bridgehead atoms. The maximum Gasteiger partial charge on any atom is 0.264 e. The van der Waals surface area contributed by atoms with Crippen LogP contribution in [0.2, 0.25) is 0 Å². The van der Waals surface area contributed by atoms with Gasteiger partial charge in [0, 0.05) is 24.7 Å². The van der Waals surface area contributed by atoms with E-state index in [0.717, 1.165) is 22.9 Å². The summed E-state index contributed by atoms with van der Waals surface area (Å²) in [4.78, 5) is 12.3. The molecule has 5 nitrogen and oxygen atoms in total. The minimum Gasteiger partial charge on any atom is -0.315 e. The van der Waals surface area contributed by atoms with E-state index in [0.29, 0.717) is 13.0 Å². The lowest BCUT2D eigenvalue weighted by Crippen LogP contribution is -2.21. The van der Waals surface area contributed by atoms with E-state index in [2.05, 4.69) is 24.3 Å². The highest BCUT2D eigenvalue weighted by molar-refractivity contribution is 7.85. The van der Waals surface area contributed by atoms with E-state index >= 15 is 0 Å². The topological polar surface area (TPSA) is 65.4 Å². The van der Waals surface area contributed by atoms with E-state index in [-0.39, 0.29) is 18.1 Å². The number of benzene rings is 2. The minimum atomic E-state index is -3.47. The summed E-state index contributed by atoms with van der Waals surface area (Å²) in [6.45, 7) is 0.439. The van der Waals surface area contributed by atoms with Gasteiger partial charge in [0.2, 0.25) is 0 Å². The highest BCUT2D eigenvalue weighted by Gasteiger charge is 2.17. The molecule has 2 aromatic carbocycles. The van der Waals surface area contributed by atoms with Gasteiger partial charge in [-0.2, -0.15) is 8.42 Å². The molecule has 3 aromatic rings. The van der Waals surface area contributed by atoms with Crippen molar-refractivity contribution >= 4 is 10.1 Å². The molecule has 3 rings (SSSR count). The van der Waals surface area contributed by atoms with Crippen molar-refractivity contribution in [1.82, 2.24) is 4.57 Å². The number of aromatic nitrogens is 1. The first-order chi connectivity index (χ1) is 13.4. The van der Waals surface area contributed by atoms with Crippen LogP contribution in [0.4, 0.5) is 0 Å². The molecule has 0 amide bonds. The van der Waals surface area contributed by atoms with Crippen molar-refractivity contribution in [3.05, 3.63) is 106 Å².